The van der Waals surface area contributed by atoms with Crippen LogP contribution in [0, 0.1) is 5.92 Å². The van der Waals surface area contributed by atoms with E-state index in [4.69, 9.17) is 21.3 Å². The van der Waals surface area contributed by atoms with Crippen LogP contribution in [0.3, 0.4) is 0 Å². The smallest absolute Gasteiger partial charge is 0.142 e. The SMILES string of the molecule is CCC/C=C(/C(C1=CCCCC1)=C1/N=C(Cl)C(c2ccc(OC)cc2)=C(C(C)CC)N1C)c1ccccc1. The molecule has 2 aromatic rings. The lowest BCUT2D eigenvalue weighted by Crippen LogP contribution is -2.29. The van der Waals surface area contributed by atoms with Crippen LogP contribution in [0.2, 0.25) is 0 Å². The third-order valence-electron chi connectivity index (χ3n) is 7.63. The van der Waals surface area contributed by atoms with Crippen LogP contribution < -0.4 is 4.74 Å². The van der Waals surface area contributed by atoms with Gasteiger partial charge >= 0.3 is 0 Å². The van der Waals surface area contributed by atoms with Crippen LogP contribution >= 0.6 is 11.6 Å². The lowest BCUT2D eigenvalue weighted by molar-refractivity contribution is 0.414. The Morgan fingerprint density at radius 1 is 1.08 bits per heavy atom. The van der Waals surface area contributed by atoms with Gasteiger partial charge in [0.1, 0.15) is 16.7 Å². The first-order valence-corrected chi connectivity index (χ1v) is 14.4. The van der Waals surface area contributed by atoms with E-state index in [0.717, 1.165) is 54.8 Å². The van der Waals surface area contributed by atoms with E-state index < -0.39 is 0 Å². The zero-order chi connectivity index (χ0) is 27.1. The summed E-state index contributed by atoms with van der Waals surface area (Å²) in [7, 11) is 3.86. The lowest BCUT2D eigenvalue weighted by Gasteiger charge is -2.36. The van der Waals surface area contributed by atoms with Gasteiger partial charge in [0.25, 0.3) is 0 Å². The quantitative estimate of drug-likeness (QED) is 0.323. The van der Waals surface area contributed by atoms with Crippen molar-refractivity contribution in [1.82, 2.24) is 4.90 Å². The Bertz CT molecular complexity index is 1270. The van der Waals surface area contributed by atoms with E-state index in [1.165, 1.54) is 40.8 Å². The number of allylic oxidation sites excluding steroid dienone is 7. The number of unbranched alkanes of at least 4 members (excludes halogenated alkanes) is 1. The molecule has 38 heavy (non-hydrogen) atoms. The van der Waals surface area contributed by atoms with Crippen molar-refractivity contribution in [2.45, 2.75) is 65.7 Å². The number of benzene rings is 2. The van der Waals surface area contributed by atoms with Gasteiger partial charge in [-0.1, -0.05) is 93.4 Å². The molecule has 2 aromatic carbocycles. The third-order valence-corrected chi connectivity index (χ3v) is 7.90. The zero-order valence-corrected chi connectivity index (χ0v) is 24.3. The van der Waals surface area contributed by atoms with Gasteiger partial charge in [0.2, 0.25) is 0 Å². The molecule has 4 rings (SSSR count). The first-order valence-electron chi connectivity index (χ1n) is 14.1. The summed E-state index contributed by atoms with van der Waals surface area (Å²) in [6.07, 6.45) is 12.5. The van der Waals surface area contributed by atoms with E-state index in [9.17, 15) is 0 Å². The van der Waals surface area contributed by atoms with E-state index in [0.29, 0.717) is 11.1 Å². The molecule has 1 heterocycles. The van der Waals surface area contributed by atoms with Crippen molar-refractivity contribution < 1.29 is 4.74 Å². The summed E-state index contributed by atoms with van der Waals surface area (Å²) in [4.78, 5) is 7.49. The molecule has 0 saturated carbocycles. The van der Waals surface area contributed by atoms with Crippen molar-refractivity contribution in [3.63, 3.8) is 0 Å². The van der Waals surface area contributed by atoms with Crippen molar-refractivity contribution in [3.05, 3.63) is 101 Å². The highest BCUT2D eigenvalue weighted by Gasteiger charge is 2.31. The van der Waals surface area contributed by atoms with Gasteiger partial charge in [-0.15, -0.1) is 0 Å². The van der Waals surface area contributed by atoms with E-state index in [2.05, 4.69) is 87.3 Å². The number of halogens is 1. The second-order valence-electron chi connectivity index (χ2n) is 10.2. The highest BCUT2D eigenvalue weighted by Crippen LogP contribution is 2.43. The molecule has 0 radical (unpaired) electrons. The molecule has 0 fully saturated rings. The number of hydrogen-bond acceptors (Lipinski definition) is 3. The molecular formula is C34H41ClN2O. The molecule has 0 saturated heterocycles. The van der Waals surface area contributed by atoms with E-state index >= 15 is 0 Å². The summed E-state index contributed by atoms with van der Waals surface area (Å²) in [5, 5.41) is 0.551. The van der Waals surface area contributed by atoms with Gasteiger partial charge in [0.05, 0.1) is 7.11 Å². The Balaban J connectivity index is 1.98. The normalized spacial score (nSPS) is 18.7. The van der Waals surface area contributed by atoms with Crippen LogP contribution in [0.4, 0.5) is 0 Å². The Labute approximate surface area is 234 Å². The van der Waals surface area contributed by atoms with Gasteiger partial charge in [-0.05, 0) is 78.8 Å². The van der Waals surface area contributed by atoms with Gasteiger partial charge in [-0.25, -0.2) is 4.99 Å². The molecule has 0 N–H and O–H groups in total. The molecule has 0 aromatic heterocycles. The van der Waals surface area contributed by atoms with Crippen molar-refractivity contribution in [3.8, 4) is 5.75 Å². The minimum atomic E-state index is 0.303. The largest absolute Gasteiger partial charge is 0.497 e. The number of ether oxygens (including phenoxy) is 1. The molecule has 4 heteroatoms. The van der Waals surface area contributed by atoms with Gasteiger partial charge in [0.15, 0.2) is 0 Å². The molecule has 0 bridgehead atoms. The Kier molecular flexibility index (Phi) is 9.69. The molecular weight excluding hydrogens is 488 g/mol. The van der Waals surface area contributed by atoms with Crippen molar-refractivity contribution in [2.24, 2.45) is 10.9 Å². The number of aliphatic imine (C=N–C) groups is 1. The Hall–Kier alpha value is -3.04. The van der Waals surface area contributed by atoms with Crippen LogP contribution in [0.15, 0.2) is 94.4 Å². The van der Waals surface area contributed by atoms with Gasteiger partial charge in [-0.3, -0.25) is 0 Å². The molecule has 1 unspecified atom stereocenters. The number of nitrogens with zero attached hydrogens (tertiary/aromatic N) is 2. The predicted octanol–water partition coefficient (Wildman–Crippen LogP) is 9.63. The fraction of sp³-hybridized carbons (Fsp3) is 0.382. The monoisotopic (exact) mass is 528 g/mol. The number of hydrogen-bond donors (Lipinski definition) is 0. The second kappa shape index (κ2) is 13.2. The van der Waals surface area contributed by atoms with Crippen LogP contribution in [0.5, 0.6) is 5.75 Å². The minimum absolute atomic E-state index is 0.303. The van der Waals surface area contributed by atoms with E-state index in [1.54, 1.807) is 7.11 Å². The fourth-order valence-corrected chi connectivity index (χ4v) is 5.69. The zero-order valence-electron chi connectivity index (χ0n) is 23.6. The Morgan fingerprint density at radius 2 is 1.82 bits per heavy atom. The number of methoxy groups -OCH3 is 1. The Morgan fingerprint density at radius 3 is 2.42 bits per heavy atom. The molecule has 0 spiro atoms. The third kappa shape index (κ3) is 5.99. The highest BCUT2D eigenvalue weighted by atomic mass is 35.5. The summed E-state index contributed by atoms with van der Waals surface area (Å²) in [6.45, 7) is 6.76. The van der Waals surface area contributed by atoms with Crippen LogP contribution in [-0.2, 0) is 0 Å². The topological polar surface area (TPSA) is 24.8 Å². The van der Waals surface area contributed by atoms with E-state index in [1.807, 2.05) is 12.1 Å². The summed E-state index contributed by atoms with van der Waals surface area (Å²) in [5.41, 5.74) is 8.37. The highest BCUT2D eigenvalue weighted by molar-refractivity contribution is 6.76. The maximum Gasteiger partial charge on any atom is 0.142 e. The summed E-state index contributed by atoms with van der Waals surface area (Å²) < 4.78 is 5.41. The minimum Gasteiger partial charge on any atom is -0.497 e. The van der Waals surface area contributed by atoms with Crippen LogP contribution in [0.25, 0.3) is 11.1 Å². The van der Waals surface area contributed by atoms with Gasteiger partial charge < -0.3 is 9.64 Å². The van der Waals surface area contributed by atoms with Gasteiger partial charge in [0, 0.05) is 23.9 Å². The lowest BCUT2D eigenvalue weighted by atomic mass is 9.84. The van der Waals surface area contributed by atoms with Crippen LogP contribution in [0.1, 0.15) is 76.8 Å². The standard InChI is InChI=1S/C34H41ClN2O/c1-6-8-19-29(25-15-11-9-12-16-25)30(26-17-13-10-14-18-26)34-36-33(35)31(32(37(34)4)24(3)7-2)27-20-22-28(38-5)23-21-27/h9,11-12,15-17,19-24H,6-8,10,13-14,18H2,1-5H3/b29-19+,34-30-. The molecule has 3 nitrogen and oxygen atoms in total. The van der Waals surface area contributed by atoms with Crippen molar-refractivity contribution in [1.29, 1.82) is 0 Å². The van der Waals surface area contributed by atoms with Crippen molar-refractivity contribution >= 4 is 27.9 Å². The predicted molar refractivity (Wildman–Crippen MR) is 163 cm³/mol. The average Bonchev–Trinajstić information content (AvgIpc) is 2.97. The first-order chi connectivity index (χ1) is 18.5. The second-order valence-corrected chi connectivity index (χ2v) is 10.6. The molecule has 200 valence electrons. The average molecular weight is 529 g/mol. The van der Waals surface area contributed by atoms with Gasteiger partial charge in [-0.2, -0.15) is 0 Å². The first kappa shape index (κ1) is 28.0. The maximum absolute atomic E-state index is 7.15. The maximum atomic E-state index is 7.15. The van der Waals surface area contributed by atoms with E-state index in [-0.39, 0.29) is 0 Å². The summed E-state index contributed by atoms with van der Waals surface area (Å²) in [6, 6.07) is 18.9. The fourth-order valence-electron chi connectivity index (χ4n) is 5.40. The molecule has 0 amide bonds. The molecule has 2 aliphatic rings. The number of rotatable bonds is 9. The van der Waals surface area contributed by atoms with Crippen molar-refractivity contribution in [2.75, 3.05) is 14.2 Å². The molecule has 1 aliphatic carbocycles. The molecule has 1 aliphatic heterocycles. The molecule has 1 atom stereocenters. The van der Waals surface area contributed by atoms with Crippen LogP contribution in [-0.4, -0.2) is 24.2 Å². The summed E-state index contributed by atoms with van der Waals surface area (Å²) >= 11 is 7.15. The summed E-state index contributed by atoms with van der Waals surface area (Å²) in [5.74, 6) is 2.08.